The normalized spacial score (nSPS) is 10.9. The molecule has 0 bridgehead atoms. The quantitative estimate of drug-likeness (QED) is 0.447. The molecular formula is C22H14ClFO3. The summed E-state index contributed by atoms with van der Waals surface area (Å²) in [5.41, 5.74) is 1.46. The SMILES string of the molecule is O=c1c(OCc2ccc(F)cc2)c(-c2ccccc2Cl)oc2ccccc12. The highest BCUT2D eigenvalue weighted by Crippen LogP contribution is 2.35. The molecule has 0 aliphatic rings. The summed E-state index contributed by atoms with van der Waals surface area (Å²) in [5, 5.41) is 0.866. The number of ether oxygens (including phenoxy) is 1. The van der Waals surface area contributed by atoms with E-state index in [1.807, 2.05) is 0 Å². The molecule has 134 valence electrons. The van der Waals surface area contributed by atoms with Crippen LogP contribution in [0.3, 0.4) is 0 Å². The third kappa shape index (κ3) is 3.44. The van der Waals surface area contributed by atoms with E-state index in [-0.39, 0.29) is 29.4 Å². The highest BCUT2D eigenvalue weighted by molar-refractivity contribution is 6.33. The van der Waals surface area contributed by atoms with Crippen LogP contribution in [0.2, 0.25) is 5.02 Å². The molecule has 0 N–H and O–H groups in total. The number of halogens is 2. The molecule has 0 spiro atoms. The molecule has 1 aromatic heterocycles. The summed E-state index contributed by atoms with van der Waals surface area (Å²) in [6.07, 6.45) is 0. The summed E-state index contributed by atoms with van der Waals surface area (Å²) in [4.78, 5) is 13.0. The van der Waals surface area contributed by atoms with Crippen LogP contribution in [0.4, 0.5) is 4.39 Å². The van der Waals surface area contributed by atoms with Gasteiger partial charge in [-0.25, -0.2) is 4.39 Å². The molecule has 0 unspecified atom stereocenters. The van der Waals surface area contributed by atoms with Crippen molar-refractivity contribution >= 4 is 22.6 Å². The van der Waals surface area contributed by atoms with Crippen LogP contribution in [-0.4, -0.2) is 0 Å². The minimum Gasteiger partial charge on any atom is -0.481 e. The van der Waals surface area contributed by atoms with Gasteiger partial charge in [-0.1, -0.05) is 48.0 Å². The predicted molar refractivity (Wildman–Crippen MR) is 104 cm³/mol. The molecule has 0 atom stereocenters. The molecular weight excluding hydrogens is 367 g/mol. The monoisotopic (exact) mass is 380 g/mol. The molecule has 0 saturated heterocycles. The highest BCUT2D eigenvalue weighted by Gasteiger charge is 2.19. The van der Waals surface area contributed by atoms with Gasteiger partial charge in [0.1, 0.15) is 18.0 Å². The number of fused-ring (bicyclic) bond motifs is 1. The average molecular weight is 381 g/mol. The Morgan fingerprint density at radius 3 is 2.41 bits per heavy atom. The van der Waals surface area contributed by atoms with E-state index in [1.54, 1.807) is 60.7 Å². The predicted octanol–water partition coefficient (Wildman–Crippen LogP) is 5.83. The summed E-state index contributed by atoms with van der Waals surface area (Å²) in [7, 11) is 0. The second-order valence-electron chi connectivity index (χ2n) is 5.98. The summed E-state index contributed by atoms with van der Waals surface area (Å²) >= 11 is 6.31. The van der Waals surface area contributed by atoms with Gasteiger partial charge in [0.2, 0.25) is 11.2 Å². The molecule has 3 aromatic carbocycles. The third-order valence-corrected chi connectivity index (χ3v) is 4.50. The first-order valence-electron chi connectivity index (χ1n) is 8.31. The van der Waals surface area contributed by atoms with E-state index in [2.05, 4.69) is 0 Å². The smallest absolute Gasteiger partial charge is 0.235 e. The average Bonchev–Trinajstić information content (AvgIpc) is 2.69. The van der Waals surface area contributed by atoms with E-state index < -0.39 is 0 Å². The first-order chi connectivity index (χ1) is 13.1. The van der Waals surface area contributed by atoms with Crippen LogP contribution in [0, 0.1) is 5.82 Å². The number of para-hydroxylation sites is 1. The number of hydrogen-bond donors (Lipinski definition) is 0. The zero-order valence-corrected chi connectivity index (χ0v) is 14.9. The van der Waals surface area contributed by atoms with Crippen LogP contribution in [0.5, 0.6) is 5.75 Å². The van der Waals surface area contributed by atoms with Gasteiger partial charge in [0, 0.05) is 5.56 Å². The Bertz CT molecular complexity index is 1170. The lowest BCUT2D eigenvalue weighted by molar-refractivity contribution is 0.297. The Morgan fingerprint density at radius 2 is 1.63 bits per heavy atom. The number of benzene rings is 3. The van der Waals surface area contributed by atoms with Gasteiger partial charge in [-0.05, 0) is 42.0 Å². The summed E-state index contributed by atoms with van der Waals surface area (Å²) in [6.45, 7) is 0.0980. The van der Waals surface area contributed by atoms with Crippen LogP contribution in [0.15, 0.2) is 82.0 Å². The summed E-state index contributed by atoms with van der Waals surface area (Å²) < 4.78 is 24.9. The zero-order chi connectivity index (χ0) is 18.8. The Kier molecular flexibility index (Phi) is 4.65. The minimum absolute atomic E-state index is 0.0751. The van der Waals surface area contributed by atoms with Crippen molar-refractivity contribution < 1.29 is 13.5 Å². The van der Waals surface area contributed by atoms with Crippen molar-refractivity contribution in [3.63, 3.8) is 0 Å². The van der Waals surface area contributed by atoms with E-state index in [0.717, 1.165) is 5.56 Å². The van der Waals surface area contributed by atoms with Gasteiger partial charge in [-0.15, -0.1) is 0 Å². The second kappa shape index (κ2) is 7.25. The summed E-state index contributed by atoms with van der Waals surface area (Å²) in [5.74, 6) is 0.0123. The maximum Gasteiger partial charge on any atom is 0.235 e. The molecule has 5 heteroatoms. The van der Waals surface area contributed by atoms with Crippen molar-refractivity contribution in [1.82, 2.24) is 0 Å². The van der Waals surface area contributed by atoms with Gasteiger partial charge in [-0.3, -0.25) is 4.79 Å². The lowest BCUT2D eigenvalue weighted by Gasteiger charge is -2.12. The van der Waals surface area contributed by atoms with E-state index in [1.165, 1.54) is 12.1 Å². The molecule has 4 rings (SSSR count). The van der Waals surface area contributed by atoms with E-state index >= 15 is 0 Å². The van der Waals surface area contributed by atoms with Crippen molar-refractivity contribution in [2.24, 2.45) is 0 Å². The molecule has 4 aromatic rings. The Balaban J connectivity index is 1.85. The fourth-order valence-corrected chi connectivity index (χ4v) is 3.04. The third-order valence-electron chi connectivity index (χ3n) is 4.17. The van der Waals surface area contributed by atoms with Crippen LogP contribution in [0.25, 0.3) is 22.3 Å². The molecule has 0 aliphatic heterocycles. The van der Waals surface area contributed by atoms with Crippen LogP contribution in [-0.2, 0) is 6.61 Å². The highest BCUT2D eigenvalue weighted by atomic mass is 35.5. The fourth-order valence-electron chi connectivity index (χ4n) is 2.81. The Hall–Kier alpha value is -3.11. The van der Waals surface area contributed by atoms with Crippen molar-refractivity contribution in [2.45, 2.75) is 6.61 Å². The van der Waals surface area contributed by atoms with Crippen LogP contribution >= 0.6 is 11.6 Å². The van der Waals surface area contributed by atoms with Crippen LogP contribution in [0.1, 0.15) is 5.56 Å². The standard InChI is InChI=1S/C22H14ClFO3/c23-18-7-3-1-5-16(18)21-22(26-13-14-9-11-15(24)12-10-14)20(25)17-6-2-4-8-19(17)27-21/h1-12H,13H2. The van der Waals surface area contributed by atoms with Crippen molar-refractivity contribution in [3.8, 4) is 17.1 Å². The van der Waals surface area contributed by atoms with Crippen molar-refractivity contribution in [3.05, 3.63) is 99.4 Å². The van der Waals surface area contributed by atoms with Gasteiger partial charge >= 0.3 is 0 Å². The van der Waals surface area contributed by atoms with Gasteiger partial charge in [0.15, 0.2) is 5.76 Å². The van der Waals surface area contributed by atoms with E-state index in [4.69, 9.17) is 20.8 Å². The molecule has 3 nitrogen and oxygen atoms in total. The molecule has 0 amide bonds. The van der Waals surface area contributed by atoms with Gasteiger partial charge < -0.3 is 9.15 Å². The number of rotatable bonds is 4. The second-order valence-corrected chi connectivity index (χ2v) is 6.39. The molecule has 0 radical (unpaired) electrons. The molecule has 0 fully saturated rings. The van der Waals surface area contributed by atoms with Crippen molar-refractivity contribution in [1.29, 1.82) is 0 Å². The van der Waals surface area contributed by atoms with Crippen LogP contribution < -0.4 is 10.2 Å². The first kappa shape index (κ1) is 17.3. The minimum atomic E-state index is -0.333. The summed E-state index contributed by atoms with van der Waals surface area (Å²) in [6, 6.07) is 19.9. The van der Waals surface area contributed by atoms with E-state index in [9.17, 15) is 9.18 Å². The largest absolute Gasteiger partial charge is 0.481 e. The lowest BCUT2D eigenvalue weighted by atomic mass is 10.1. The fraction of sp³-hybridized carbons (Fsp3) is 0.0455. The topological polar surface area (TPSA) is 39.4 Å². The number of hydrogen-bond acceptors (Lipinski definition) is 3. The Morgan fingerprint density at radius 1 is 0.926 bits per heavy atom. The zero-order valence-electron chi connectivity index (χ0n) is 14.1. The molecule has 0 aliphatic carbocycles. The lowest BCUT2D eigenvalue weighted by Crippen LogP contribution is -2.10. The molecule has 1 heterocycles. The van der Waals surface area contributed by atoms with Gasteiger partial charge in [0.05, 0.1) is 10.4 Å². The Labute approximate surface area is 159 Å². The maximum absolute atomic E-state index is 13.1. The molecule has 0 saturated carbocycles. The van der Waals surface area contributed by atoms with Gasteiger partial charge in [-0.2, -0.15) is 0 Å². The van der Waals surface area contributed by atoms with Crippen molar-refractivity contribution in [2.75, 3.05) is 0 Å². The molecule has 27 heavy (non-hydrogen) atoms. The van der Waals surface area contributed by atoms with Gasteiger partial charge in [0.25, 0.3) is 0 Å². The first-order valence-corrected chi connectivity index (χ1v) is 8.69. The maximum atomic E-state index is 13.1. The van der Waals surface area contributed by atoms with E-state index in [0.29, 0.717) is 21.6 Å².